The number of hydrogen-bond donors (Lipinski definition) is 1. The predicted octanol–water partition coefficient (Wildman–Crippen LogP) is 1.47. The second-order valence-corrected chi connectivity index (χ2v) is 4.81. The van der Waals surface area contributed by atoms with Crippen molar-refractivity contribution >= 4 is 11.8 Å². The highest BCUT2D eigenvalue weighted by atomic mass is 16.2. The molecule has 2 amide bonds. The maximum atomic E-state index is 12.4. The van der Waals surface area contributed by atoms with E-state index in [2.05, 4.69) is 5.32 Å². The fourth-order valence-electron chi connectivity index (χ4n) is 2.03. The normalized spacial score (nSPS) is 30.6. The van der Waals surface area contributed by atoms with Gasteiger partial charge in [-0.3, -0.25) is 9.59 Å². The number of rotatable bonds is 3. The first-order chi connectivity index (χ1) is 7.94. The van der Waals surface area contributed by atoms with Crippen LogP contribution in [0, 0.1) is 0 Å². The number of carbonyl (C=O) groups is 2. The lowest BCUT2D eigenvalue weighted by Crippen LogP contribution is -2.55. The van der Waals surface area contributed by atoms with Crippen LogP contribution in [0.2, 0.25) is 0 Å². The number of hydrogen-bond acceptors (Lipinski definition) is 2. The van der Waals surface area contributed by atoms with Crippen molar-refractivity contribution in [1.82, 2.24) is 10.2 Å². The summed E-state index contributed by atoms with van der Waals surface area (Å²) in [5, 5.41) is 2.84. The first kappa shape index (κ1) is 13.7. The zero-order valence-corrected chi connectivity index (χ0v) is 11.1. The number of carbonyl (C=O) groups excluding carboxylic acids is 2. The number of nitrogens with zero attached hydrogens (tertiary/aromatic N) is 1. The van der Waals surface area contributed by atoms with E-state index in [-0.39, 0.29) is 17.9 Å². The van der Waals surface area contributed by atoms with E-state index in [0.29, 0.717) is 19.4 Å². The molecule has 0 saturated carbocycles. The molecule has 0 bridgehead atoms. The van der Waals surface area contributed by atoms with Crippen LogP contribution in [0.15, 0.2) is 12.2 Å². The topological polar surface area (TPSA) is 49.4 Å². The highest BCUT2D eigenvalue weighted by Gasteiger charge is 2.41. The van der Waals surface area contributed by atoms with E-state index in [9.17, 15) is 9.59 Å². The Morgan fingerprint density at radius 3 is 2.71 bits per heavy atom. The molecule has 4 heteroatoms. The predicted molar refractivity (Wildman–Crippen MR) is 67.4 cm³/mol. The van der Waals surface area contributed by atoms with Gasteiger partial charge in [0.15, 0.2) is 0 Å². The van der Waals surface area contributed by atoms with Gasteiger partial charge < -0.3 is 10.2 Å². The van der Waals surface area contributed by atoms with Gasteiger partial charge in [0, 0.05) is 19.0 Å². The Kier molecular flexibility index (Phi) is 4.32. The number of nitrogens with one attached hydrogen (secondary N) is 1. The van der Waals surface area contributed by atoms with Gasteiger partial charge in [-0.25, -0.2) is 0 Å². The van der Waals surface area contributed by atoms with Gasteiger partial charge in [-0.1, -0.05) is 19.1 Å². The van der Waals surface area contributed by atoms with E-state index >= 15 is 0 Å². The summed E-state index contributed by atoms with van der Waals surface area (Å²) in [5.41, 5.74) is -0.760. The van der Waals surface area contributed by atoms with E-state index in [1.54, 1.807) is 11.8 Å². The molecule has 1 saturated heterocycles. The third-order valence-corrected chi connectivity index (χ3v) is 3.41. The van der Waals surface area contributed by atoms with Crippen LogP contribution in [0.1, 0.15) is 40.5 Å². The summed E-state index contributed by atoms with van der Waals surface area (Å²) in [7, 11) is 0. The monoisotopic (exact) mass is 238 g/mol. The molecule has 1 aliphatic rings. The molecule has 96 valence electrons. The fraction of sp³-hybridized carbons (Fsp3) is 0.692. The molecule has 0 aromatic heterocycles. The molecule has 1 N–H and O–H groups in total. The van der Waals surface area contributed by atoms with Crippen LogP contribution in [-0.2, 0) is 9.59 Å². The van der Waals surface area contributed by atoms with Gasteiger partial charge in [-0.2, -0.15) is 0 Å². The van der Waals surface area contributed by atoms with Crippen LogP contribution in [0.4, 0.5) is 0 Å². The van der Waals surface area contributed by atoms with Gasteiger partial charge >= 0.3 is 0 Å². The summed E-state index contributed by atoms with van der Waals surface area (Å²) >= 11 is 0. The summed E-state index contributed by atoms with van der Waals surface area (Å²) in [6, 6.07) is -0.0490. The minimum absolute atomic E-state index is 0.0106. The van der Waals surface area contributed by atoms with Gasteiger partial charge in [0.1, 0.15) is 5.54 Å². The van der Waals surface area contributed by atoms with Crippen LogP contribution in [0.5, 0.6) is 0 Å². The van der Waals surface area contributed by atoms with Crippen molar-refractivity contribution in [2.75, 3.05) is 6.54 Å². The van der Waals surface area contributed by atoms with Crippen LogP contribution in [0.25, 0.3) is 0 Å². The van der Waals surface area contributed by atoms with E-state index in [1.165, 1.54) is 0 Å². The SMILES string of the molecule is C/C=C/CN1C(=O)C(C)(CC)NC(=O)CC1C. The largest absolute Gasteiger partial charge is 0.342 e. The third-order valence-electron chi connectivity index (χ3n) is 3.41. The van der Waals surface area contributed by atoms with Gasteiger partial charge in [-0.15, -0.1) is 0 Å². The Morgan fingerprint density at radius 2 is 2.18 bits per heavy atom. The van der Waals surface area contributed by atoms with Crippen molar-refractivity contribution in [3.05, 3.63) is 12.2 Å². The molecule has 0 aromatic carbocycles. The quantitative estimate of drug-likeness (QED) is 0.757. The molecule has 0 aromatic rings. The van der Waals surface area contributed by atoms with Crippen molar-refractivity contribution in [2.45, 2.75) is 52.1 Å². The third kappa shape index (κ3) is 2.87. The van der Waals surface area contributed by atoms with Crippen LogP contribution in [-0.4, -0.2) is 34.8 Å². The fourth-order valence-corrected chi connectivity index (χ4v) is 2.03. The zero-order valence-electron chi connectivity index (χ0n) is 11.1. The van der Waals surface area contributed by atoms with Crippen molar-refractivity contribution in [2.24, 2.45) is 0 Å². The molecule has 0 aliphatic carbocycles. The molecule has 2 unspecified atom stereocenters. The molecule has 1 aliphatic heterocycles. The maximum Gasteiger partial charge on any atom is 0.248 e. The summed E-state index contributed by atoms with van der Waals surface area (Å²) in [6.07, 6.45) is 4.85. The first-order valence-corrected chi connectivity index (χ1v) is 6.18. The van der Waals surface area contributed by atoms with Gasteiger partial charge in [-0.05, 0) is 27.2 Å². The molecule has 4 nitrogen and oxygen atoms in total. The van der Waals surface area contributed by atoms with Gasteiger partial charge in [0.25, 0.3) is 0 Å². The van der Waals surface area contributed by atoms with Gasteiger partial charge in [0.2, 0.25) is 11.8 Å². The zero-order chi connectivity index (χ0) is 13.1. The standard InChI is InChI=1S/C13H22N2O2/c1-5-7-8-15-10(3)9-11(16)14-13(4,6-2)12(15)17/h5,7,10H,6,8-9H2,1-4H3,(H,14,16)/b7-5+. The summed E-state index contributed by atoms with van der Waals surface area (Å²) in [6.45, 7) is 8.13. The molecular formula is C13H22N2O2. The average Bonchev–Trinajstić information content (AvgIpc) is 2.35. The second-order valence-electron chi connectivity index (χ2n) is 4.81. The molecule has 0 radical (unpaired) electrons. The Hall–Kier alpha value is -1.32. The van der Waals surface area contributed by atoms with Crippen molar-refractivity contribution in [3.8, 4) is 0 Å². The number of amides is 2. The van der Waals surface area contributed by atoms with E-state index in [1.807, 2.05) is 32.9 Å². The molecule has 1 fully saturated rings. The Bertz CT molecular complexity index is 338. The highest BCUT2D eigenvalue weighted by Crippen LogP contribution is 2.21. The van der Waals surface area contributed by atoms with Crippen molar-refractivity contribution in [1.29, 1.82) is 0 Å². The van der Waals surface area contributed by atoms with E-state index in [4.69, 9.17) is 0 Å². The molecule has 1 rings (SSSR count). The Labute approximate surface area is 103 Å². The number of allylic oxidation sites excluding steroid dienone is 1. The van der Waals surface area contributed by atoms with Crippen LogP contribution >= 0.6 is 0 Å². The summed E-state index contributed by atoms with van der Waals surface area (Å²) in [4.78, 5) is 25.9. The Balaban J connectivity index is 3.00. The maximum absolute atomic E-state index is 12.4. The molecule has 2 atom stereocenters. The lowest BCUT2D eigenvalue weighted by molar-refractivity contribution is -0.139. The van der Waals surface area contributed by atoms with E-state index < -0.39 is 5.54 Å². The minimum atomic E-state index is -0.760. The van der Waals surface area contributed by atoms with E-state index in [0.717, 1.165) is 0 Å². The van der Waals surface area contributed by atoms with Crippen molar-refractivity contribution < 1.29 is 9.59 Å². The smallest absolute Gasteiger partial charge is 0.248 e. The second kappa shape index (κ2) is 5.34. The van der Waals surface area contributed by atoms with Gasteiger partial charge in [0.05, 0.1) is 0 Å². The average molecular weight is 238 g/mol. The summed E-state index contributed by atoms with van der Waals surface area (Å²) in [5.74, 6) is -0.0328. The van der Waals surface area contributed by atoms with Crippen molar-refractivity contribution in [3.63, 3.8) is 0 Å². The first-order valence-electron chi connectivity index (χ1n) is 6.18. The molecule has 17 heavy (non-hydrogen) atoms. The Morgan fingerprint density at radius 1 is 1.53 bits per heavy atom. The lowest BCUT2D eigenvalue weighted by Gasteiger charge is -2.33. The lowest BCUT2D eigenvalue weighted by atomic mass is 9.97. The highest BCUT2D eigenvalue weighted by molar-refractivity contribution is 5.93. The molecule has 0 spiro atoms. The minimum Gasteiger partial charge on any atom is -0.342 e. The molecule has 1 heterocycles. The van der Waals surface area contributed by atoms with Crippen LogP contribution < -0.4 is 5.32 Å². The van der Waals surface area contributed by atoms with Crippen LogP contribution in [0.3, 0.4) is 0 Å². The molecular weight excluding hydrogens is 216 g/mol. The summed E-state index contributed by atoms with van der Waals surface area (Å²) < 4.78 is 0.